The van der Waals surface area contributed by atoms with Gasteiger partial charge in [-0.2, -0.15) is 5.26 Å². The zero-order chi connectivity index (χ0) is 17.5. The van der Waals surface area contributed by atoms with Gasteiger partial charge in [0.1, 0.15) is 6.07 Å². The molecule has 24 heavy (non-hydrogen) atoms. The standard InChI is InChI=1S/C14H10F2N4O2S2/c1-7-18-6-11(23-7)24(21,22)20-10-3-2-9(14(15)16)12-8(4-17)5-19-13(10)12/h2-3,5-6,14,19-20H,1H3. The summed E-state index contributed by atoms with van der Waals surface area (Å²) in [6.45, 7) is 1.67. The number of alkyl halides is 2. The average Bonchev–Trinajstić information content (AvgIpc) is 3.13. The molecule has 0 saturated heterocycles. The number of benzene rings is 1. The zero-order valence-electron chi connectivity index (χ0n) is 12.2. The molecule has 0 atom stereocenters. The van der Waals surface area contributed by atoms with Gasteiger partial charge in [0.15, 0.2) is 4.21 Å². The molecule has 0 aliphatic carbocycles. The van der Waals surface area contributed by atoms with Crippen LogP contribution < -0.4 is 4.72 Å². The maximum absolute atomic E-state index is 13.2. The van der Waals surface area contributed by atoms with Crippen molar-refractivity contribution in [3.63, 3.8) is 0 Å². The summed E-state index contributed by atoms with van der Waals surface area (Å²) in [6.07, 6.45) is -0.293. The smallest absolute Gasteiger partial charge is 0.273 e. The summed E-state index contributed by atoms with van der Waals surface area (Å²) in [5, 5.41) is 9.67. The van der Waals surface area contributed by atoms with E-state index in [1.54, 1.807) is 6.92 Å². The first kappa shape index (κ1) is 16.4. The normalized spacial score (nSPS) is 11.8. The highest BCUT2D eigenvalue weighted by Gasteiger charge is 2.22. The highest BCUT2D eigenvalue weighted by atomic mass is 32.2. The van der Waals surface area contributed by atoms with Crippen molar-refractivity contribution in [3.05, 3.63) is 40.7 Å². The summed E-state index contributed by atoms with van der Waals surface area (Å²) in [6, 6.07) is 4.17. The van der Waals surface area contributed by atoms with Gasteiger partial charge in [-0.05, 0) is 13.0 Å². The molecule has 0 unspecified atom stereocenters. The SMILES string of the molecule is Cc1ncc(S(=O)(=O)Nc2ccc(C(F)F)c3c(C#N)c[nH]c23)s1. The molecule has 0 spiro atoms. The molecule has 6 nitrogen and oxygen atoms in total. The van der Waals surface area contributed by atoms with E-state index in [0.29, 0.717) is 5.01 Å². The van der Waals surface area contributed by atoms with Crippen molar-refractivity contribution in [1.29, 1.82) is 5.26 Å². The van der Waals surface area contributed by atoms with Crippen LogP contribution >= 0.6 is 11.3 Å². The maximum Gasteiger partial charge on any atom is 0.273 e. The minimum atomic E-state index is -3.90. The Morgan fingerprint density at radius 3 is 2.75 bits per heavy atom. The number of rotatable bonds is 4. The highest BCUT2D eigenvalue weighted by molar-refractivity contribution is 7.94. The van der Waals surface area contributed by atoms with Gasteiger partial charge in [-0.25, -0.2) is 22.2 Å². The van der Waals surface area contributed by atoms with Crippen molar-refractivity contribution in [3.8, 4) is 6.07 Å². The summed E-state index contributed by atoms with van der Waals surface area (Å²) in [5.41, 5.74) is -0.0921. The summed E-state index contributed by atoms with van der Waals surface area (Å²) >= 11 is 0.993. The molecular formula is C14H10F2N4O2S2. The van der Waals surface area contributed by atoms with Gasteiger partial charge in [-0.1, -0.05) is 6.07 Å². The Balaban J connectivity index is 2.13. The Hall–Kier alpha value is -2.51. The van der Waals surface area contributed by atoms with Gasteiger partial charge >= 0.3 is 0 Å². The number of fused-ring (bicyclic) bond motifs is 1. The molecule has 0 amide bonds. The molecule has 2 heterocycles. The van der Waals surface area contributed by atoms with Gasteiger partial charge in [0, 0.05) is 17.1 Å². The molecule has 10 heteroatoms. The van der Waals surface area contributed by atoms with Crippen molar-refractivity contribution >= 4 is 38.0 Å². The van der Waals surface area contributed by atoms with Crippen LogP contribution in [0.2, 0.25) is 0 Å². The van der Waals surface area contributed by atoms with E-state index in [4.69, 9.17) is 5.26 Å². The second-order valence-electron chi connectivity index (χ2n) is 4.87. The fourth-order valence-electron chi connectivity index (χ4n) is 2.29. The number of hydrogen-bond donors (Lipinski definition) is 2. The van der Waals surface area contributed by atoms with Crippen molar-refractivity contribution in [1.82, 2.24) is 9.97 Å². The average molecular weight is 368 g/mol. The minimum Gasteiger partial charge on any atom is -0.358 e. The lowest BCUT2D eigenvalue weighted by Gasteiger charge is -2.10. The number of aryl methyl sites for hydroxylation is 1. The Bertz CT molecular complexity index is 1060. The Labute approximate surface area is 139 Å². The highest BCUT2D eigenvalue weighted by Crippen LogP contribution is 2.35. The van der Waals surface area contributed by atoms with E-state index in [0.717, 1.165) is 17.4 Å². The van der Waals surface area contributed by atoms with E-state index in [9.17, 15) is 17.2 Å². The molecule has 0 fully saturated rings. The topological polar surface area (TPSA) is 98.6 Å². The third-order valence-electron chi connectivity index (χ3n) is 3.33. The van der Waals surface area contributed by atoms with Gasteiger partial charge in [-0.3, -0.25) is 4.72 Å². The van der Waals surface area contributed by atoms with Crippen molar-refractivity contribution in [2.45, 2.75) is 17.6 Å². The van der Waals surface area contributed by atoms with Crippen LogP contribution in [-0.2, 0) is 10.0 Å². The largest absolute Gasteiger partial charge is 0.358 e. The minimum absolute atomic E-state index is 0.00758. The zero-order valence-corrected chi connectivity index (χ0v) is 13.8. The monoisotopic (exact) mass is 368 g/mol. The van der Waals surface area contributed by atoms with Crippen molar-refractivity contribution < 1.29 is 17.2 Å². The van der Waals surface area contributed by atoms with E-state index in [1.165, 1.54) is 18.5 Å². The molecule has 0 bridgehead atoms. The lowest BCUT2D eigenvalue weighted by molar-refractivity contribution is 0.153. The predicted octanol–water partition coefficient (Wildman–Crippen LogP) is 3.54. The van der Waals surface area contributed by atoms with Crippen molar-refractivity contribution in [2.75, 3.05) is 4.72 Å². The number of sulfonamides is 1. The van der Waals surface area contributed by atoms with Gasteiger partial charge in [0.2, 0.25) is 0 Å². The molecular weight excluding hydrogens is 358 g/mol. The second-order valence-corrected chi connectivity index (χ2v) is 8.02. The molecule has 2 aromatic heterocycles. The number of hydrogen-bond acceptors (Lipinski definition) is 5. The van der Waals surface area contributed by atoms with E-state index in [-0.39, 0.29) is 31.9 Å². The maximum atomic E-state index is 13.2. The lowest BCUT2D eigenvalue weighted by atomic mass is 10.1. The van der Waals surface area contributed by atoms with E-state index in [2.05, 4.69) is 14.7 Å². The second kappa shape index (κ2) is 5.85. The number of aromatic amines is 1. The molecule has 2 N–H and O–H groups in total. The quantitative estimate of drug-likeness (QED) is 0.736. The Morgan fingerprint density at radius 2 is 2.17 bits per heavy atom. The van der Waals surface area contributed by atoms with E-state index in [1.807, 2.05) is 6.07 Å². The first-order valence-electron chi connectivity index (χ1n) is 6.61. The van der Waals surface area contributed by atoms with Crippen LogP contribution in [0.4, 0.5) is 14.5 Å². The van der Waals surface area contributed by atoms with Crippen LogP contribution in [0.15, 0.2) is 28.7 Å². The first-order valence-corrected chi connectivity index (χ1v) is 8.91. The van der Waals surface area contributed by atoms with Gasteiger partial charge in [0.25, 0.3) is 16.4 Å². The number of thiazole rings is 1. The third-order valence-corrected chi connectivity index (χ3v) is 6.07. The number of nitrogens with zero attached hydrogens (tertiary/aromatic N) is 2. The molecule has 1 aromatic carbocycles. The van der Waals surface area contributed by atoms with E-state index >= 15 is 0 Å². The van der Waals surface area contributed by atoms with Crippen LogP contribution in [0.3, 0.4) is 0 Å². The lowest BCUT2D eigenvalue weighted by Crippen LogP contribution is -2.12. The fraction of sp³-hybridized carbons (Fsp3) is 0.143. The molecule has 3 rings (SSSR count). The predicted molar refractivity (Wildman–Crippen MR) is 85.6 cm³/mol. The van der Waals surface area contributed by atoms with Crippen LogP contribution in [0.25, 0.3) is 10.9 Å². The first-order chi connectivity index (χ1) is 11.3. The van der Waals surface area contributed by atoms with Crippen LogP contribution in [0.1, 0.15) is 22.6 Å². The molecule has 0 aliphatic rings. The summed E-state index contributed by atoms with van der Waals surface area (Å²) < 4.78 is 53.5. The van der Waals surface area contributed by atoms with Crippen LogP contribution in [-0.4, -0.2) is 18.4 Å². The number of H-pyrrole nitrogens is 1. The Morgan fingerprint density at radius 1 is 1.42 bits per heavy atom. The van der Waals surface area contributed by atoms with E-state index < -0.39 is 16.4 Å². The molecule has 0 radical (unpaired) electrons. The fourth-order valence-corrected chi connectivity index (χ4v) is 4.47. The molecule has 124 valence electrons. The van der Waals surface area contributed by atoms with Crippen LogP contribution in [0.5, 0.6) is 0 Å². The number of aromatic nitrogens is 2. The number of halogens is 2. The van der Waals surface area contributed by atoms with Crippen LogP contribution in [0, 0.1) is 18.3 Å². The number of nitrogens with one attached hydrogen (secondary N) is 2. The number of anilines is 1. The molecule has 0 saturated carbocycles. The molecule has 0 aliphatic heterocycles. The van der Waals surface area contributed by atoms with Crippen molar-refractivity contribution in [2.24, 2.45) is 0 Å². The number of nitriles is 1. The molecule has 3 aromatic rings. The summed E-state index contributed by atoms with van der Waals surface area (Å²) in [4.78, 5) is 6.58. The Kier molecular flexibility index (Phi) is 3.98. The van der Waals surface area contributed by atoms with Gasteiger partial charge in [0.05, 0.1) is 28.0 Å². The summed E-state index contributed by atoms with van der Waals surface area (Å²) in [5.74, 6) is 0. The third kappa shape index (κ3) is 2.72. The van der Waals surface area contributed by atoms with Gasteiger partial charge in [-0.15, -0.1) is 11.3 Å². The van der Waals surface area contributed by atoms with Gasteiger partial charge < -0.3 is 4.98 Å². The summed E-state index contributed by atoms with van der Waals surface area (Å²) in [7, 11) is -3.90.